The van der Waals surface area contributed by atoms with Gasteiger partial charge in [0.05, 0.1) is 12.3 Å². The lowest BCUT2D eigenvalue weighted by Gasteiger charge is -2.32. The third-order valence-electron chi connectivity index (χ3n) is 2.79. The molecule has 2 N–H and O–H groups in total. The van der Waals surface area contributed by atoms with E-state index >= 15 is 0 Å². The van der Waals surface area contributed by atoms with Crippen LogP contribution in [0.15, 0.2) is 0 Å². The van der Waals surface area contributed by atoms with Crippen LogP contribution in [0.1, 0.15) is 33.6 Å². The predicted molar refractivity (Wildman–Crippen MR) is 76.3 cm³/mol. The number of rotatable bonds is 3. The predicted octanol–water partition coefficient (Wildman–Crippen LogP) is -0.546. The van der Waals surface area contributed by atoms with Gasteiger partial charge in [0, 0.05) is 6.54 Å². The average Bonchev–Trinajstić information content (AvgIpc) is 2.39. The first-order valence-electron chi connectivity index (χ1n) is 6.68. The molecule has 0 bridgehead atoms. The first-order valence-corrected chi connectivity index (χ1v) is 8.53. The van der Waals surface area contributed by atoms with Crippen LogP contribution in [0.25, 0.3) is 0 Å². The number of esters is 1. The fourth-order valence-corrected chi connectivity index (χ4v) is 2.95. The van der Waals surface area contributed by atoms with Crippen molar-refractivity contribution in [1.82, 2.24) is 9.42 Å². The van der Waals surface area contributed by atoms with Gasteiger partial charge in [0.2, 0.25) is 10.0 Å². The highest BCUT2D eigenvalue weighted by Crippen LogP contribution is 2.16. The van der Waals surface area contributed by atoms with Gasteiger partial charge in [-0.1, -0.05) is 0 Å². The number of sulfonamides is 1. The van der Waals surface area contributed by atoms with Gasteiger partial charge in [0.1, 0.15) is 12.1 Å². The van der Waals surface area contributed by atoms with Crippen molar-refractivity contribution in [3.05, 3.63) is 0 Å². The third kappa shape index (κ3) is 5.25. The Hall–Kier alpha value is -1.19. The molecule has 0 spiro atoms. The molecule has 1 aliphatic heterocycles. The van der Waals surface area contributed by atoms with E-state index < -0.39 is 40.1 Å². The second-order valence-corrected chi connectivity index (χ2v) is 7.93. The molecule has 8 nitrogen and oxygen atoms in total. The van der Waals surface area contributed by atoms with Crippen molar-refractivity contribution < 1.29 is 22.7 Å². The second-order valence-electron chi connectivity index (χ2n) is 6.04. The Bertz CT molecular complexity index is 511. The van der Waals surface area contributed by atoms with E-state index in [2.05, 4.69) is 0 Å². The molecule has 1 heterocycles. The number of ether oxygens (including phenoxy) is 1. The Labute approximate surface area is 125 Å². The summed E-state index contributed by atoms with van der Waals surface area (Å²) in [6.45, 7) is 4.71. The molecule has 1 amide bonds. The quantitative estimate of drug-likeness (QED) is 0.699. The molecule has 1 unspecified atom stereocenters. The van der Waals surface area contributed by atoms with Crippen molar-refractivity contribution in [2.45, 2.75) is 45.3 Å². The number of amides is 1. The molecule has 9 heteroatoms. The molecule has 0 aliphatic carbocycles. The fraction of sp³-hybridized carbons (Fsp3) is 0.833. The lowest BCUT2D eigenvalue weighted by Crippen LogP contribution is -2.54. The minimum atomic E-state index is -3.67. The molecule has 0 aromatic heterocycles. The summed E-state index contributed by atoms with van der Waals surface area (Å²) in [5.74, 6) is -1.28. The number of hydrazine groups is 1. The number of nitrogens with zero attached hydrogens (tertiary/aromatic N) is 2. The van der Waals surface area contributed by atoms with E-state index in [1.807, 2.05) is 0 Å². The minimum Gasteiger partial charge on any atom is -0.459 e. The Morgan fingerprint density at radius 1 is 1.43 bits per heavy atom. The van der Waals surface area contributed by atoms with E-state index in [1.165, 1.54) is 0 Å². The largest absolute Gasteiger partial charge is 0.459 e. The summed E-state index contributed by atoms with van der Waals surface area (Å²) < 4.78 is 29.6. The maximum Gasteiger partial charge on any atom is 0.327 e. The molecule has 122 valence electrons. The van der Waals surface area contributed by atoms with Gasteiger partial charge in [-0.05, 0) is 33.6 Å². The number of nitrogens with two attached hydrogens (primary N) is 1. The molecule has 1 atom stereocenters. The van der Waals surface area contributed by atoms with Crippen molar-refractivity contribution in [1.29, 1.82) is 0 Å². The van der Waals surface area contributed by atoms with Gasteiger partial charge in [0.15, 0.2) is 0 Å². The number of hydrogen-bond donors (Lipinski definition) is 1. The first-order chi connectivity index (χ1) is 9.42. The van der Waals surface area contributed by atoms with E-state index in [4.69, 9.17) is 10.5 Å². The van der Waals surface area contributed by atoms with Gasteiger partial charge < -0.3 is 10.5 Å². The van der Waals surface area contributed by atoms with Crippen molar-refractivity contribution in [3.8, 4) is 0 Å². The lowest BCUT2D eigenvalue weighted by molar-refractivity contribution is -0.164. The summed E-state index contributed by atoms with van der Waals surface area (Å²) in [5.41, 5.74) is 4.99. The fourth-order valence-electron chi connectivity index (χ4n) is 1.99. The van der Waals surface area contributed by atoms with Gasteiger partial charge in [-0.3, -0.25) is 9.59 Å². The van der Waals surface area contributed by atoms with Crippen LogP contribution in [0.2, 0.25) is 0 Å². The van der Waals surface area contributed by atoms with Crippen molar-refractivity contribution in [2.24, 2.45) is 5.73 Å². The summed E-state index contributed by atoms with van der Waals surface area (Å²) in [6.07, 6.45) is 1.81. The normalized spacial score (nSPS) is 22.0. The molecule has 1 rings (SSSR count). The monoisotopic (exact) mass is 321 g/mol. The van der Waals surface area contributed by atoms with Crippen LogP contribution in [0, 0.1) is 0 Å². The summed E-state index contributed by atoms with van der Waals surface area (Å²) >= 11 is 0. The maximum absolute atomic E-state index is 12.2. The van der Waals surface area contributed by atoms with E-state index in [0.717, 1.165) is 15.7 Å². The molecular weight excluding hydrogens is 298 g/mol. The Morgan fingerprint density at radius 2 is 2.00 bits per heavy atom. The minimum absolute atomic E-state index is 0.112. The van der Waals surface area contributed by atoms with E-state index in [-0.39, 0.29) is 6.54 Å². The van der Waals surface area contributed by atoms with Gasteiger partial charge in [-0.15, -0.1) is 4.41 Å². The Balaban J connectivity index is 2.99. The summed E-state index contributed by atoms with van der Waals surface area (Å²) in [5, 5.41) is 0.876. The third-order valence-corrected chi connectivity index (χ3v) is 3.93. The number of hydrogen-bond acceptors (Lipinski definition) is 6. The topological polar surface area (TPSA) is 110 Å². The van der Waals surface area contributed by atoms with Crippen LogP contribution in [0.3, 0.4) is 0 Å². The molecule has 0 aromatic rings. The smallest absolute Gasteiger partial charge is 0.327 e. The van der Waals surface area contributed by atoms with Gasteiger partial charge in [-0.25, -0.2) is 13.4 Å². The first kappa shape index (κ1) is 17.9. The molecule has 1 fully saturated rings. The summed E-state index contributed by atoms with van der Waals surface area (Å²) in [4.78, 5) is 24.1. The zero-order valence-corrected chi connectivity index (χ0v) is 13.6. The zero-order valence-electron chi connectivity index (χ0n) is 12.8. The molecule has 1 aliphatic rings. The van der Waals surface area contributed by atoms with Gasteiger partial charge in [-0.2, -0.15) is 0 Å². The highest BCUT2D eigenvalue weighted by molar-refractivity contribution is 7.88. The number of carbonyl (C=O) groups is 2. The van der Waals surface area contributed by atoms with Crippen LogP contribution in [-0.2, 0) is 24.3 Å². The van der Waals surface area contributed by atoms with Crippen LogP contribution in [0.4, 0.5) is 0 Å². The maximum atomic E-state index is 12.2. The SMILES string of the molecule is CC(C)(C)OC(=O)CN1C(=O)C(N)CCCN1S(C)(=O)=O. The Kier molecular flexibility index (Phi) is 5.35. The van der Waals surface area contributed by atoms with Crippen molar-refractivity contribution >= 4 is 21.9 Å². The van der Waals surface area contributed by atoms with Crippen molar-refractivity contribution in [3.63, 3.8) is 0 Å². The lowest BCUT2D eigenvalue weighted by atomic mass is 10.1. The second kappa shape index (κ2) is 6.29. The number of carbonyl (C=O) groups excluding carboxylic acids is 2. The standard InChI is InChI=1S/C12H23N3O5S/c1-12(2,3)20-10(16)8-14-11(17)9(13)6-5-7-15(14)21(4,18)19/h9H,5-8,13H2,1-4H3. The van der Waals surface area contributed by atoms with Gasteiger partial charge >= 0.3 is 5.97 Å². The van der Waals surface area contributed by atoms with E-state index in [0.29, 0.717) is 12.8 Å². The van der Waals surface area contributed by atoms with Crippen LogP contribution < -0.4 is 5.73 Å². The van der Waals surface area contributed by atoms with E-state index in [9.17, 15) is 18.0 Å². The average molecular weight is 321 g/mol. The van der Waals surface area contributed by atoms with Crippen LogP contribution in [0.5, 0.6) is 0 Å². The molecular formula is C12H23N3O5S. The summed E-state index contributed by atoms with van der Waals surface area (Å²) in [7, 11) is -3.67. The summed E-state index contributed by atoms with van der Waals surface area (Å²) in [6, 6.07) is -0.820. The molecule has 21 heavy (non-hydrogen) atoms. The molecule has 0 saturated carbocycles. The molecule has 0 aromatic carbocycles. The Morgan fingerprint density at radius 3 is 2.48 bits per heavy atom. The molecule has 0 radical (unpaired) electrons. The zero-order chi connectivity index (χ0) is 16.4. The van der Waals surface area contributed by atoms with Crippen molar-refractivity contribution in [2.75, 3.05) is 19.3 Å². The highest BCUT2D eigenvalue weighted by Gasteiger charge is 2.36. The molecule has 1 saturated heterocycles. The highest BCUT2D eigenvalue weighted by atomic mass is 32.2. The van der Waals surface area contributed by atoms with Crippen LogP contribution >= 0.6 is 0 Å². The van der Waals surface area contributed by atoms with Crippen LogP contribution in [-0.4, -0.2) is 60.7 Å². The van der Waals surface area contributed by atoms with E-state index in [1.54, 1.807) is 20.8 Å². The van der Waals surface area contributed by atoms with Gasteiger partial charge in [0.25, 0.3) is 5.91 Å².